The van der Waals surface area contributed by atoms with Gasteiger partial charge in [0.15, 0.2) is 11.5 Å². The van der Waals surface area contributed by atoms with Crippen LogP contribution in [-0.2, 0) is 13.5 Å². The number of hydrogen-bond donors (Lipinski definition) is 1. The molecule has 8 nitrogen and oxygen atoms in total. The number of aryl methyl sites for hydroxylation is 2. The van der Waals surface area contributed by atoms with E-state index in [4.69, 9.17) is 19.4 Å². The zero-order chi connectivity index (χ0) is 41.1. The average Bonchev–Trinajstić information content (AvgIpc) is 3.89. The summed E-state index contributed by atoms with van der Waals surface area (Å²) in [5.41, 5.74) is 1.91. The summed E-state index contributed by atoms with van der Waals surface area (Å²) in [6.07, 6.45) is 7.55. The molecule has 4 saturated heterocycles. The first kappa shape index (κ1) is 38.8. The highest BCUT2D eigenvalue weighted by Gasteiger charge is 2.65. The van der Waals surface area contributed by atoms with Crippen LogP contribution in [0.1, 0.15) is 62.6 Å². The Hall–Kier alpha value is -4.41. The van der Waals surface area contributed by atoms with E-state index in [-0.39, 0.29) is 60.5 Å². The van der Waals surface area contributed by atoms with E-state index < -0.39 is 26.5 Å². The zero-order valence-corrected chi connectivity index (χ0v) is 33.6. The summed E-state index contributed by atoms with van der Waals surface area (Å²) in [5.74, 6) is -0.534. The van der Waals surface area contributed by atoms with Crippen molar-refractivity contribution in [1.29, 1.82) is 0 Å². The monoisotopic (exact) mass is 843 g/mol. The fraction of sp³-hybridized carbons (Fsp3) is 0.465. The van der Waals surface area contributed by atoms with E-state index in [9.17, 15) is 19.4 Å². The van der Waals surface area contributed by atoms with Gasteiger partial charge in [-0.3, -0.25) is 4.90 Å². The number of pyridine rings is 1. The second-order valence-corrected chi connectivity index (χ2v) is 19.6. The number of piperazine rings is 1. The Kier molecular flexibility index (Phi) is 8.57. The standard InChI is InChI=1S/C43H46F7N6O2S/c1-25-32(44)15-13-26-7-3-10-31(36(25)26)40-38(45)39-37-35(54(40)2)12-5-11-34-33-16-14-27(51-33)22-55(34)41(37)53-42(52-39)58-24-43-18-6-20-56(43)28(17-19-43)23-57-29-8-4-9-30(21-29)59(46,47,48,49)50/h3-4,7-10,13,15,21,27-28,33-34,51H,5-6,11-12,14,16-20,22-24H2,1-2H3/q+1/t27-,28-,33+,34+,43-/m0/s1. The molecule has 5 atom stereocenters. The maximum atomic E-state index is 17.6. The molecule has 0 radical (unpaired) electrons. The van der Waals surface area contributed by atoms with Gasteiger partial charge < -0.3 is 19.7 Å². The Labute approximate surface area is 337 Å². The number of nitrogens with one attached hydrogen (secondary N) is 1. The summed E-state index contributed by atoms with van der Waals surface area (Å²) in [7, 11) is -8.00. The lowest BCUT2D eigenvalue weighted by Gasteiger charge is -2.43. The van der Waals surface area contributed by atoms with Crippen molar-refractivity contribution < 1.29 is 42.3 Å². The maximum absolute atomic E-state index is 17.6. The lowest BCUT2D eigenvalue weighted by atomic mass is 9.92. The van der Waals surface area contributed by atoms with Crippen LogP contribution in [0.3, 0.4) is 0 Å². The largest absolute Gasteiger partial charge is 0.492 e. The van der Waals surface area contributed by atoms with E-state index in [1.54, 1.807) is 13.0 Å². The first-order valence-corrected chi connectivity index (χ1v) is 22.4. The van der Waals surface area contributed by atoms with Crippen molar-refractivity contribution in [3.8, 4) is 23.0 Å². The van der Waals surface area contributed by atoms with Crippen LogP contribution in [0.2, 0.25) is 0 Å². The van der Waals surface area contributed by atoms with Gasteiger partial charge in [-0.2, -0.15) is 18.9 Å². The topological polar surface area (TPSA) is 66.6 Å². The molecule has 10 rings (SSSR count). The van der Waals surface area contributed by atoms with Crippen LogP contribution in [0.4, 0.5) is 34.0 Å². The number of anilines is 1. The number of rotatable bonds is 8. The molecule has 59 heavy (non-hydrogen) atoms. The van der Waals surface area contributed by atoms with Gasteiger partial charge in [0.2, 0.25) is 5.82 Å². The van der Waals surface area contributed by atoms with Crippen molar-refractivity contribution in [2.75, 3.05) is 31.2 Å². The molecule has 0 saturated carbocycles. The lowest BCUT2D eigenvalue weighted by Crippen LogP contribution is -2.58. The average molecular weight is 844 g/mol. The summed E-state index contributed by atoms with van der Waals surface area (Å²) in [4.78, 5) is 12.6. The van der Waals surface area contributed by atoms with Gasteiger partial charge in [-0.05, 0) is 100 Å². The van der Waals surface area contributed by atoms with E-state index in [0.29, 0.717) is 77.9 Å². The Morgan fingerprint density at radius 3 is 2.58 bits per heavy atom. The second-order valence-electron chi connectivity index (χ2n) is 17.2. The van der Waals surface area contributed by atoms with Crippen molar-refractivity contribution in [2.24, 2.45) is 7.05 Å². The minimum atomic E-state index is -9.87. The van der Waals surface area contributed by atoms with Gasteiger partial charge in [0.1, 0.15) is 47.6 Å². The van der Waals surface area contributed by atoms with E-state index in [0.717, 1.165) is 55.7 Å². The van der Waals surface area contributed by atoms with Gasteiger partial charge in [0.25, 0.3) is 5.69 Å². The van der Waals surface area contributed by atoms with Gasteiger partial charge in [0.05, 0.1) is 11.1 Å². The molecule has 0 aliphatic carbocycles. The SMILES string of the molecule is Cc1c(F)ccc2cccc(-c3c(F)c4nc(OC[C@@]56CCCN5[C@H](COc5cccc(S(F)(F)(F)(F)F)c5)CC6)nc5c4c([n+]3C)CCC[C@@H]3[C@H]4CC[C@@H](CN53)N4)c12. The first-order valence-electron chi connectivity index (χ1n) is 20.5. The van der Waals surface area contributed by atoms with E-state index in [1.807, 2.05) is 29.8 Å². The highest BCUT2D eigenvalue weighted by molar-refractivity contribution is 8.45. The molecule has 0 unspecified atom stereocenters. The molecule has 1 N–H and O–H groups in total. The van der Waals surface area contributed by atoms with Crippen LogP contribution in [0.5, 0.6) is 11.8 Å². The summed E-state index contributed by atoms with van der Waals surface area (Å²) >= 11 is 0. The van der Waals surface area contributed by atoms with Crippen LogP contribution in [0.25, 0.3) is 32.9 Å². The number of ether oxygens (including phenoxy) is 2. The molecule has 2 aromatic heterocycles. The third kappa shape index (κ3) is 6.55. The number of nitrogens with zero attached hydrogens (tertiary/aromatic N) is 5. The van der Waals surface area contributed by atoms with Gasteiger partial charge >= 0.3 is 16.2 Å². The summed E-state index contributed by atoms with van der Waals surface area (Å²) in [6.45, 7) is 3.32. The van der Waals surface area contributed by atoms with Gasteiger partial charge in [0, 0.05) is 48.6 Å². The number of benzene rings is 3. The normalized spacial score (nSPS) is 26.6. The van der Waals surface area contributed by atoms with Crippen molar-refractivity contribution in [2.45, 2.75) is 99.3 Å². The predicted molar refractivity (Wildman–Crippen MR) is 213 cm³/mol. The Bertz CT molecular complexity index is 2550. The van der Waals surface area contributed by atoms with Gasteiger partial charge in [-0.15, -0.1) is 0 Å². The molecule has 2 bridgehead atoms. The van der Waals surface area contributed by atoms with Gasteiger partial charge in [-0.1, -0.05) is 43.7 Å². The second kappa shape index (κ2) is 13.0. The molecular formula is C43H46F7N6O2S+. The molecule has 7 heterocycles. The third-order valence-corrected chi connectivity index (χ3v) is 14.9. The molecule has 3 aromatic carbocycles. The third-order valence-electron chi connectivity index (χ3n) is 13.7. The molecule has 5 aromatic rings. The van der Waals surface area contributed by atoms with Crippen molar-refractivity contribution >= 4 is 37.7 Å². The molecule has 5 aliphatic rings. The zero-order valence-electron chi connectivity index (χ0n) is 32.8. The van der Waals surface area contributed by atoms with E-state index in [1.165, 1.54) is 12.1 Å². The Morgan fingerprint density at radius 1 is 0.915 bits per heavy atom. The smallest absolute Gasteiger partial charge is 0.319 e. The highest BCUT2D eigenvalue weighted by atomic mass is 32.5. The number of hydrogen-bond acceptors (Lipinski definition) is 7. The summed E-state index contributed by atoms with van der Waals surface area (Å²) in [5, 5.41) is 5.88. The minimum absolute atomic E-state index is 0.0141. The van der Waals surface area contributed by atoms with E-state index >= 15 is 8.78 Å². The van der Waals surface area contributed by atoms with Crippen LogP contribution < -0.4 is 24.3 Å². The highest BCUT2D eigenvalue weighted by Crippen LogP contribution is 3.02. The Morgan fingerprint density at radius 2 is 1.75 bits per heavy atom. The van der Waals surface area contributed by atoms with Crippen LogP contribution in [0, 0.1) is 18.6 Å². The number of halogens is 7. The molecule has 4 fully saturated rings. The predicted octanol–water partition coefficient (Wildman–Crippen LogP) is 9.62. The summed E-state index contributed by atoms with van der Waals surface area (Å²) in [6, 6.07) is 12.2. The van der Waals surface area contributed by atoms with Crippen molar-refractivity contribution in [3.05, 3.63) is 77.5 Å². The van der Waals surface area contributed by atoms with Crippen molar-refractivity contribution in [1.82, 2.24) is 20.2 Å². The van der Waals surface area contributed by atoms with Crippen molar-refractivity contribution in [3.63, 3.8) is 0 Å². The van der Waals surface area contributed by atoms with Crippen LogP contribution in [0.15, 0.2) is 59.5 Å². The fourth-order valence-corrected chi connectivity index (χ4v) is 11.6. The number of fused-ring (bicyclic) bond motifs is 7. The molecular weight excluding hydrogens is 798 g/mol. The first-order chi connectivity index (χ1) is 28.0. The molecule has 5 aliphatic heterocycles. The quantitative estimate of drug-likeness (QED) is 0.123. The molecule has 16 heteroatoms. The molecule has 0 spiro atoms. The van der Waals surface area contributed by atoms with Crippen LogP contribution >= 0.6 is 10.2 Å². The molecule has 0 amide bonds. The van der Waals surface area contributed by atoms with Crippen LogP contribution in [-0.4, -0.2) is 70.9 Å². The van der Waals surface area contributed by atoms with E-state index in [2.05, 4.69) is 15.1 Å². The fourth-order valence-electron chi connectivity index (χ4n) is 11.0. The molecule has 314 valence electrons. The summed E-state index contributed by atoms with van der Waals surface area (Å²) < 4.78 is 115. The lowest BCUT2D eigenvalue weighted by molar-refractivity contribution is -0.667. The maximum Gasteiger partial charge on any atom is 0.319 e. The Balaban J connectivity index is 1.02. The van der Waals surface area contributed by atoms with Gasteiger partial charge in [-0.25, -0.2) is 4.39 Å². The number of aromatic nitrogens is 3. The minimum Gasteiger partial charge on any atom is -0.492 e.